The molecular weight excluding hydrogens is 328 g/mol. The zero-order chi connectivity index (χ0) is 16.4. The highest BCUT2D eigenvalue weighted by Gasteiger charge is 2.26. The van der Waals surface area contributed by atoms with Crippen molar-refractivity contribution in [1.82, 2.24) is 15.5 Å². The van der Waals surface area contributed by atoms with Crippen molar-refractivity contribution in [2.75, 3.05) is 5.32 Å². The molecule has 1 amide bonds. The second-order valence-electron chi connectivity index (χ2n) is 5.79. The van der Waals surface area contributed by atoms with Gasteiger partial charge in [-0.05, 0) is 50.8 Å². The van der Waals surface area contributed by atoms with Crippen LogP contribution in [0.15, 0.2) is 22.5 Å². The fraction of sp³-hybridized carbons (Fsp3) is 0.438. The maximum Gasteiger partial charge on any atom is 0.233 e. The molecule has 1 atom stereocenters. The van der Waals surface area contributed by atoms with Crippen LogP contribution in [0.25, 0.3) is 0 Å². The largest absolute Gasteiger partial charge is 0.352 e. The molecule has 7 heteroatoms. The van der Waals surface area contributed by atoms with E-state index in [1.807, 2.05) is 19.1 Å². The van der Waals surface area contributed by atoms with E-state index in [0.717, 1.165) is 28.0 Å². The first-order valence-corrected chi connectivity index (χ1v) is 9.36. The van der Waals surface area contributed by atoms with Gasteiger partial charge in [0, 0.05) is 11.7 Å². The summed E-state index contributed by atoms with van der Waals surface area (Å²) in [6.45, 7) is 6.07. The second kappa shape index (κ2) is 6.88. The summed E-state index contributed by atoms with van der Waals surface area (Å²) in [6.07, 6.45) is 2.21. The first kappa shape index (κ1) is 16.3. The van der Waals surface area contributed by atoms with E-state index in [2.05, 4.69) is 40.7 Å². The Morgan fingerprint density at radius 3 is 2.87 bits per heavy atom. The van der Waals surface area contributed by atoms with Crippen molar-refractivity contribution in [3.05, 3.63) is 29.3 Å². The van der Waals surface area contributed by atoms with Crippen molar-refractivity contribution in [1.29, 1.82) is 0 Å². The van der Waals surface area contributed by atoms with Gasteiger partial charge in [0.25, 0.3) is 0 Å². The minimum atomic E-state index is -0.155. The molecule has 1 aliphatic rings. The van der Waals surface area contributed by atoms with E-state index >= 15 is 0 Å². The number of aryl methyl sites for hydroxylation is 1. The molecule has 1 aromatic heterocycles. The summed E-state index contributed by atoms with van der Waals surface area (Å²) >= 11 is 2.93. The quantitative estimate of drug-likeness (QED) is 0.780. The summed E-state index contributed by atoms with van der Waals surface area (Å²) in [5, 5.41) is 15.3. The van der Waals surface area contributed by atoms with Crippen LogP contribution in [0.2, 0.25) is 0 Å². The van der Waals surface area contributed by atoms with Gasteiger partial charge in [-0.15, -0.1) is 10.2 Å². The minimum absolute atomic E-state index is 0.0803. The van der Waals surface area contributed by atoms with Crippen molar-refractivity contribution in [2.45, 2.75) is 49.2 Å². The molecule has 122 valence electrons. The minimum Gasteiger partial charge on any atom is -0.352 e. The number of nitrogens with zero attached hydrogens (tertiary/aromatic N) is 2. The van der Waals surface area contributed by atoms with Crippen LogP contribution in [-0.2, 0) is 4.79 Å². The molecule has 1 fully saturated rings. The summed E-state index contributed by atoms with van der Waals surface area (Å²) in [7, 11) is 0. The fourth-order valence-electron chi connectivity index (χ4n) is 2.06. The smallest absolute Gasteiger partial charge is 0.233 e. The number of carbonyl (C=O) groups is 1. The normalized spacial score (nSPS) is 15.3. The van der Waals surface area contributed by atoms with Gasteiger partial charge < -0.3 is 10.6 Å². The van der Waals surface area contributed by atoms with Crippen molar-refractivity contribution in [2.24, 2.45) is 0 Å². The van der Waals surface area contributed by atoms with Gasteiger partial charge in [-0.25, -0.2) is 0 Å². The Morgan fingerprint density at radius 1 is 1.35 bits per heavy atom. The molecule has 3 rings (SSSR count). The molecule has 1 aliphatic carbocycles. The number of benzene rings is 1. The number of thioether (sulfide) groups is 1. The lowest BCUT2D eigenvalue weighted by Crippen LogP contribution is -2.32. The first-order valence-electron chi connectivity index (χ1n) is 7.66. The molecule has 0 aliphatic heterocycles. The summed E-state index contributed by atoms with van der Waals surface area (Å²) in [4.78, 5) is 12.0. The molecule has 5 nitrogen and oxygen atoms in total. The third-order valence-corrected chi connectivity index (χ3v) is 5.85. The summed E-state index contributed by atoms with van der Waals surface area (Å²) in [5.74, 6) is 0.0803. The van der Waals surface area contributed by atoms with E-state index in [1.165, 1.54) is 34.2 Å². The van der Waals surface area contributed by atoms with Crippen LogP contribution < -0.4 is 10.6 Å². The number of hydrogen-bond acceptors (Lipinski definition) is 6. The van der Waals surface area contributed by atoms with Gasteiger partial charge in [-0.2, -0.15) is 0 Å². The Hall–Kier alpha value is -1.60. The number of nitrogens with one attached hydrogen (secondary N) is 2. The zero-order valence-corrected chi connectivity index (χ0v) is 15.1. The van der Waals surface area contributed by atoms with Gasteiger partial charge in [0.15, 0.2) is 4.34 Å². The Kier molecular flexibility index (Phi) is 4.87. The van der Waals surface area contributed by atoms with Crippen LogP contribution in [0.3, 0.4) is 0 Å². The van der Waals surface area contributed by atoms with E-state index < -0.39 is 0 Å². The third-order valence-electron chi connectivity index (χ3n) is 3.82. The average molecular weight is 348 g/mol. The van der Waals surface area contributed by atoms with Crippen LogP contribution >= 0.6 is 23.1 Å². The molecule has 1 aromatic carbocycles. The third kappa shape index (κ3) is 4.23. The van der Waals surface area contributed by atoms with Gasteiger partial charge in [0.05, 0.1) is 5.25 Å². The number of hydrogen-bond donors (Lipinski definition) is 2. The molecule has 0 unspecified atom stereocenters. The summed E-state index contributed by atoms with van der Waals surface area (Å²) in [5.41, 5.74) is 3.48. The number of carbonyl (C=O) groups excluding carboxylic acids is 1. The fourth-order valence-corrected chi connectivity index (χ4v) is 3.98. The highest BCUT2D eigenvalue weighted by atomic mass is 32.2. The molecule has 0 radical (unpaired) electrons. The SMILES string of the molecule is Cc1cccc(Nc2nnc(S[C@@H](C)C(=O)NC3CC3)s2)c1C. The Bertz CT molecular complexity index is 712. The average Bonchev–Trinajstić information content (AvgIpc) is 3.22. The maximum atomic E-state index is 12.0. The van der Waals surface area contributed by atoms with Crippen molar-refractivity contribution < 1.29 is 4.79 Å². The molecular formula is C16H20N4OS2. The molecule has 1 heterocycles. The van der Waals surface area contributed by atoms with Crippen LogP contribution in [0.4, 0.5) is 10.8 Å². The summed E-state index contributed by atoms with van der Waals surface area (Å²) < 4.78 is 0.802. The Labute approximate surface area is 144 Å². The highest BCUT2D eigenvalue weighted by molar-refractivity contribution is 8.02. The van der Waals surface area contributed by atoms with Gasteiger partial charge >= 0.3 is 0 Å². The Balaban J connectivity index is 1.61. The van der Waals surface area contributed by atoms with Crippen molar-refractivity contribution in [3.8, 4) is 0 Å². The number of rotatable bonds is 6. The lowest BCUT2D eigenvalue weighted by molar-refractivity contribution is -0.120. The van der Waals surface area contributed by atoms with Crippen molar-refractivity contribution >= 4 is 39.8 Å². The van der Waals surface area contributed by atoms with E-state index in [9.17, 15) is 4.79 Å². The van der Waals surface area contributed by atoms with Gasteiger partial charge in [0.2, 0.25) is 11.0 Å². The van der Waals surface area contributed by atoms with E-state index in [0.29, 0.717) is 6.04 Å². The molecule has 1 saturated carbocycles. The molecule has 23 heavy (non-hydrogen) atoms. The monoisotopic (exact) mass is 348 g/mol. The van der Waals surface area contributed by atoms with E-state index in [1.54, 1.807) is 0 Å². The number of aromatic nitrogens is 2. The molecule has 0 bridgehead atoms. The molecule has 2 N–H and O–H groups in total. The number of anilines is 2. The lowest BCUT2D eigenvalue weighted by atomic mass is 10.1. The Morgan fingerprint density at radius 2 is 2.13 bits per heavy atom. The standard InChI is InChI=1S/C16H20N4OS2/c1-9-5-4-6-13(10(9)2)18-15-19-20-16(23-15)22-11(3)14(21)17-12-7-8-12/h4-6,11-12H,7-8H2,1-3H3,(H,17,21)(H,18,19)/t11-/m0/s1. The van der Waals surface area contributed by atoms with Crippen molar-refractivity contribution in [3.63, 3.8) is 0 Å². The van der Waals surface area contributed by atoms with Gasteiger partial charge in [0.1, 0.15) is 0 Å². The zero-order valence-electron chi connectivity index (χ0n) is 13.4. The lowest BCUT2D eigenvalue weighted by Gasteiger charge is -2.09. The van der Waals surface area contributed by atoms with E-state index in [-0.39, 0.29) is 11.2 Å². The summed E-state index contributed by atoms with van der Waals surface area (Å²) in [6, 6.07) is 6.53. The maximum absolute atomic E-state index is 12.0. The predicted octanol–water partition coefficient (Wildman–Crippen LogP) is 3.66. The number of amides is 1. The highest BCUT2D eigenvalue weighted by Crippen LogP contribution is 2.32. The van der Waals surface area contributed by atoms with Crippen LogP contribution in [0.5, 0.6) is 0 Å². The van der Waals surface area contributed by atoms with Crippen LogP contribution in [0.1, 0.15) is 30.9 Å². The molecule has 0 spiro atoms. The van der Waals surface area contributed by atoms with E-state index in [4.69, 9.17) is 0 Å². The van der Waals surface area contributed by atoms with Crippen LogP contribution in [0, 0.1) is 13.8 Å². The topological polar surface area (TPSA) is 66.9 Å². The second-order valence-corrected chi connectivity index (χ2v) is 8.35. The van der Waals surface area contributed by atoms with Gasteiger partial charge in [-0.1, -0.05) is 35.2 Å². The first-order chi connectivity index (χ1) is 11.0. The molecule has 2 aromatic rings. The molecule has 0 saturated heterocycles. The van der Waals surface area contributed by atoms with Gasteiger partial charge in [-0.3, -0.25) is 4.79 Å². The van der Waals surface area contributed by atoms with Crippen LogP contribution in [-0.4, -0.2) is 27.4 Å². The predicted molar refractivity (Wildman–Crippen MR) is 95.6 cm³/mol.